The summed E-state index contributed by atoms with van der Waals surface area (Å²) in [6.45, 7) is 7.53. The predicted octanol–water partition coefficient (Wildman–Crippen LogP) is 9.87. The lowest BCUT2D eigenvalue weighted by Gasteiger charge is -2.18. The zero-order valence-electron chi connectivity index (χ0n) is 22.5. The van der Waals surface area contributed by atoms with E-state index in [1.54, 1.807) is 36.7 Å². The first-order chi connectivity index (χ1) is 20.8. The zero-order valence-corrected chi connectivity index (χ0v) is 22.5. The van der Waals surface area contributed by atoms with Gasteiger partial charge in [0.05, 0.1) is 23.5 Å². The van der Waals surface area contributed by atoms with Gasteiger partial charge in [0.2, 0.25) is 5.69 Å². The lowest BCUT2D eigenvalue weighted by molar-refractivity contribution is 1.30. The van der Waals surface area contributed by atoms with Crippen molar-refractivity contribution in [2.45, 2.75) is 0 Å². The van der Waals surface area contributed by atoms with Crippen LogP contribution in [-0.2, 0) is 0 Å². The van der Waals surface area contributed by atoms with E-state index in [1.807, 2.05) is 12.1 Å². The van der Waals surface area contributed by atoms with Crippen molar-refractivity contribution in [3.8, 4) is 50.8 Å². The fraction of sp³-hybridized carbons (Fsp3) is 0. The van der Waals surface area contributed by atoms with Gasteiger partial charge in [-0.1, -0.05) is 109 Å². The Kier molecular flexibility index (Phi) is 6.21. The Morgan fingerprint density at radius 2 is 0.929 bits per heavy atom. The third-order valence-electron chi connectivity index (χ3n) is 7.66. The molecule has 0 saturated carbocycles. The number of aromatic nitrogens is 2. The molecule has 0 atom stereocenters. The molecule has 0 amide bonds. The minimum atomic E-state index is 0.545. The van der Waals surface area contributed by atoms with Crippen LogP contribution in [0.2, 0.25) is 0 Å². The highest BCUT2D eigenvalue weighted by Crippen LogP contribution is 2.44. The minimum Gasteiger partial charge on any atom is -0.268 e. The maximum Gasteiger partial charge on any atom is 0.212 e. The molecule has 0 unspecified atom stereocenters. The van der Waals surface area contributed by atoms with Crippen molar-refractivity contribution >= 4 is 27.2 Å². The molecule has 0 spiro atoms. The largest absolute Gasteiger partial charge is 0.268 e. The molecule has 0 aliphatic carbocycles. The van der Waals surface area contributed by atoms with Crippen molar-refractivity contribution in [2.24, 2.45) is 0 Å². The Morgan fingerprint density at radius 1 is 0.500 bits per heavy atom. The van der Waals surface area contributed by atoms with Crippen molar-refractivity contribution < 1.29 is 0 Å². The molecule has 2 aromatic heterocycles. The summed E-state index contributed by atoms with van der Waals surface area (Å²) in [6.07, 6.45) is 3.44. The molecule has 194 valence electrons. The molecule has 0 radical (unpaired) electrons. The number of hydrogen-bond acceptors (Lipinski definition) is 3. The van der Waals surface area contributed by atoms with E-state index >= 15 is 0 Å². The number of pyridine rings is 2. The summed E-state index contributed by atoms with van der Waals surface area (Å²) < 4.78 is 0. The van der Waals surface area contributed by atoms with Crippen LogP contribution in [0.4, 0.5) is 5.69 Å². The van der Waals surface area contributed by atoms with Gasteiger partial charge >= 0.3 is 0 Å². The molecule has 0 aliphatic rings. The summed E-state index contributed by atoms with van der Waals surface area (Å²) in [4.78, 5) is 12.6. The number of hydrogen-bond donors (Lipinski definition) is 0. The van der Waals surface area contributed by atoms with Crippen molar-refractivity contribution in [1.29, 1.82) is 5.26 Å². The monoisotopic (exact) mass is 534 g/mol. The maximum atomic E-state index is 9.56. The minimum absolute atomic E-state index is 0.545. The molecular formula is C38H22N4. The highest BCUT2D eigenvalue weighted by molar-refractivity contribution is 6.21. The first kappa shape index (κ1) is 24.9. The second-order valence-corrected chi connectivity index (χ2v) is 9.99. The first-order valence-electron chi connectivity index (χ1n) is 13.6. The van der Waals surface area contributed by atoms with Crippen molar-refractivity contribution in [2.75, 3.05) is 0 Å². The van der Waals surface area contributed by atoms with Crippen molar-refractivity contribution in [3.05, 3.63) is 151 Å². The topological polar surface area (TPSA) is 53.9 Å². The summed E-state index contributed by atoms with van der Waals surface area (Å²) in [7, 11) is 0. The summed E-state index contributed by atoms with van der Waals surface area (Å²) in [5, 5.41) is 14.2. The smallest absolute Gasteiger partial charge is 0.212 e. The van der Waals surface area contributed by atoms with Crippen LogP contribution in [0.3, 0.4) is 0 Å². The van der Waals surface area contributed by atoms with E-state index in [2.05, 4.69) is 106 Å². The third-order valence-corrected chi connectivity index (χ3v) is 7.66. The van der Waals surface area contributed by atoms with E-state index in [1.165, 1.54) is 32.7 Å². The molecule has 2 heterocycles. The Morgan fingerprint density at radius 3 is 1.40 bits per heavy atom. The van der Waals surface area contributed by atoms with Gasteiger partial charge < -0.3 is 0 Å². The normalized spacial score (nSPS) is 10.8. The van der Waals surface area contributed by atoms with Crippen LogP contribution in [0, 0.1) is 17.9 Å². The number of benzene rings is 5. The average molecular weight is 535 g/mol. The van der Waals surface area contributed by atoms with Crippen LogP contribution < -0.4 is 0 Å². The molecule has 7 rings (SSSR count). The Balaban J connectivity index is 1.41. The molecule has 4 nitrogen and oxygen atoms in total. The van der Waals surface area contributed by atoms with Gasteiger partial charge in [0, 0.05) is 18.0 Å². The highest BCUT2D eigenvalue weighted by atomic mass is 14.8. The summed E-state index contributed by atoms with van der Waals surface area (Å²) in [6, 6.07) is 43.2. The molecule has 0 saturated heterocycles. The molecule has 0 bridgehead atoms. The van der Waals surface area contributed by atoms with Gasteiger partial charge in [-0.05, 0) is 61.5 Å². The second-order valence-electron chi connectivity index (χ2n) is 9.99. The fourth-order valence-electron chi connectivity index (χ4n) is 5.77. The Labute approximate surface area is 243 Å². The zero-order chi connectivity index (χ0) is 28.5. The van der Waals surface area contributed by atoms with Gasteiger partial charge in [-0.15, -0.1) is 0 Å². The van der Waals surface area contributed by atoms with Crippen LogP contribution in [0.25, 0.3) is 71.2 Å². The standard InChI is InChI=1S/C38H22N4/c1-40-34-13-7-23-42-38(34)28-20-16-26(17-21-28)36-32-11-4-2-9-30(32)35(31-10-3-5-12-33(31)36)25-14-18-27(19-15-25)37-29(24-39)8-6-22-41-37/h2-23H. The highest BCUT2D eigenvalue weighted by Gasteiger charge is 2.17. The second kappa shape index (κ2) is 10.5. The third kappa shape index (κ3) is 4.16. The fourth-order valence-corrected chi connectivity index (χ4v) is 5.77. The van der Waals surface area contributed by atoms with Crippen LogP contribution in [-0.4, -0.2) is 9.97 Å². The lowest BCUT2D eigenvalue weighted by Crippen LogP contribution is -1.92. The van der Waals surface area contributed by atoms with Crippen molar-refractivity contribution in [3.63, 3.8) is 0 Å². The molecule has 0 aliphatic heterocycles. The number of fused-ring (bicyclic) bond motifs is 2. The van der Waals surface area contributed by atoms with E-state index in [0.29, 0.717) is 22.6 Å². The molecule has 42 heavy (non-hydrogen) atoms. The molecule has 4 heteroatoms. The summed E-state index contributed by atoms with van der Waals surface area (Å²) in [5.74, 6) is 0. The van der Waals surface area contributed by atoms with E-state index < -0.39 is 0 Å². The summed E-state index contributed by atoms with van der Waals surface area (Å²) >= 11 is 0. The van der Waals surface area contributed by atoms with Crippen LogP contribution in [0.15, 0.2) is 134 Å². The Hall–Kier alpha value is -6.10. The predicted molar refractivity (Wildman–Crippen MR) is 170 cm³/mol. The lowest BCUT2D eigenvalue weighted by atomic mass is 9.85. The quantitative estimate of drug-likeness (QED) is 0.167. The van der Waals surface area contributed by atoms with Gasteiger partial charge in [-0.3, -0.25) is 9.97 Å². The van der Waals surface area contributed by atoms with Gasteiger partial charge in [-0.25, -0.2) is 4.85 Å². The number of nitriles is 1. The van der Waals surface area contributed by atoms with E-state index in [-0.39, 0.29) is 0 Å². The van der Waals surface area contributed by atoms with Crippen molar-refractivity contribution in [1.82, 2.24) is 9.97 Å². The van der Waals surface area contributed by atoms with Gasteiger partial charge in [0.25, 0.3) is 0 Å². The maximum absolute atomic E-state index is 9.56. The van der Waals surface area contributed by atoms with Crippen LogP contribution in [0.1, 0.15) is 5.56 Å². The van der Waals surface area contributed by atoms with Gasteiger partial charge in [0.1, 0.15) is 6.07 Å². The van der Waals surface area contributed by atoms with Crippen LogP contribution in [0.5, 0.6) is 0 Å². The first-order valence-corrected chi connectivity index (χ1v) is 13.6. The van der Waals surface area contributed by atoms with E-state index in [4.69, 9.17) is 6.57 Å². The molecule has 0 fully saturated rings. The van der Waals surface area contributed by atoms with E-state index in [0.717, 1.165) is 22.3 Å². The summed E-state index contributed by atoms with van der Waals surface area (Å²) in [5.41, 5.74) is 8.87. The number of nitrogens with zero attached hydrogens (tertiary/aromatic N) is 4. The molecule has 7 aromatic rings. The van der Waals surface area contributed by atoms with E-state index in [9.17, 15) is 5.26 Å². The average Bonchev–Trinajstić information content (AvgIpc) is 3.07. The molecule has 5 aromatic carbocycles. The molecule has 0 N–H and O–H groups in total. The van der Waals surface area contributed by atoms with Gasteiger partial charge in [-0.2, -0.15) is 5.26 Å². The molecular weight excluding hydrogens is 512 g/mol. The van der Waals surface area contributed by atoms with Crippen LogP contribution >= 0.6 is 0 Å². The SMILES string of the molecule is [C-]#[N+]c1cccnc1-c1ccc(-c2c3ccccc3c(-c3ccc(-c4ncccc4C#N)cc3)c3ccccc23)cc1. The Bertz CT molecular complexity index is 1980. The number of rotatable bonds is 4. The van der Waals surface area contributed by atoms with Gasteiger partial charge in [0.15, 0.2) is 0 Å².